The van der Waals surface area contributed by atoms with Gasteiger partial charge in [-0.15, -0.1) is 0 Å². The molecule has 1 amide bonds. The van der Waals surface area contributed by atoms with E-state index in [2.05, 4.69) is 5.32 Å². The molecule has 4 nitrogen and oxygen atoms in total. The maximum atomic E-state index is 11.6. The highest BCUT2D eigenvalue weighted by atomic mass is 16.6. The van der Waals surface area contributed by atoms with E-state index in [1.807, 2.05) is 19.1 Å². The van der Waals surface area contributed by atoms with Crippen LogP contribution in [0.15, 0.2) is 24.3 Å². The fourth-order valence-electron chi connectivity index (χ4n) is 1.33. The van der Waals surface area contributed by atoms with Crippen molar-refractivity contribution < 1.29 is 14.3 Å². The minimum Gasteiger partial charge on any atom is -0.453 e. The first-order valence-corrected chi connectivity index (χ1v) is 5.95. The van der Waals surface area contributed by atoms with Crippen LogP contribution in [0.3, 0.4) is 0 Å². The number of esters is 1. The van der Waals surface area contributed by atoms with Gasteiger partial charge in [0.15, 0.2) is 0 Å². The molecule has 0 aromatic heterocycles. The molecule has 0 atom stereocenters. The van der Waals surface area contributed by atoms with Crippen LogP contribution in [0.25, 0.3) is 0 Å². The molecule has 0 radical (unpaired) electrons. The van der Waals surface area contributed by atoms with Gasteiger partial charge in [0.1, 0.15) is 5.60 Å². The molecule has 0 heterocycles. The number of ether oxygens (including phenoxy) is 1. The molecule has 0 bridgehead atoms. The third-order valence-electron chi connectivity index (χ3n) is 2.20. The lowest BCUT2D eigenvalue weighted by molar-refractivity contribution is -0.161. The molecule has 0 fully saturated rings. The molecule has 98 valence electrons. The van der Waals surface area contributed by atoms with Gasteiger partial charge in [-0.05, 0) is 44.9 Å². The molecule has 1 aromatic carbocycles. The maximum absolute atomic E-state index is 11.6. The Labute approximate surface area is 107 Å². The fraction of sp³-hybridized carbons (Fsp3) is 0.429. The SMILES string of the molecule is CCc1ccc(NC(=O)C(=O)OC(C)(C)C)cc1. The van der Waals surface area contributed by atoms with E-state index in [-0.39, 0.29) is 0 Å². The molecular formula is C14H19NO3. The smallest absolute Gasteiger partial charge is 0.397 e. The molecule has 1 rings (SSSR count). The number of rotatable bonds is 2. The Hall–Kier alpha value is -1.84. The highest BCUT2D eigenvalue weighted by Gasteiger charge is 2.22. The van der Waals surface area contributed by atoms with E-state index in [0.717, 1.165) is 6.42 Å². The highest BCUT2D eigenvalue weighted by molar-refractivity contribution is 6.37. The first-order valence-electron chi connectivity index (χ1n) is 5.95. The van der Waals surface area contributed by atoms with Crippen LogP contribution in [0.5, 0.6) is 0 Å². The number of amides is 1. The third-order valence-corrected chi connectivity index (χ3v) is 2.20. The zero-order valence-electron chi connectivity index (χ0n) is 11.2. The van der Waals surface area contributed by atoms with Crippen molar-refractivity contribution in [1.82, 2.24) is 0 Å². The molecule has 0 unspecified atom stereocenters. The molecule has 1 N–H and O–H groups in total. The topological polar surface area (TPSA) is 55.4 Å². The number of aryl methyl sites for hydroxylation is 1. The van der Waals surface area contributed by atoms with E-state index in [9.17, 15) is 9.59 Å². The monoisotopic (exact) mass is 249 g/mol. The van der Waals surface area contributed by atoms with E-state index < -0.39 is 17.5 Å². The van der Waals surface area contributed by atoms with Crippen molar-refractivity contribution in [2.45, 2.75) is 39.7 Å². The third kappa shape index (κ3) is 4.57. The lowest BCUT2D eigenvalue weighted by atomic mass is 10.1. The average Bonchev–Trinajstić information content (AvgIpc) is 2.27. The van der Waals surface area contributed by atoms with Crippen LogP contribution in [0.4, 0.5) is 5.69 Å². The fourth-order valence-corrected chi connectivity index (χ4v) is 1.33. The zero-order valence-corrected chi connectivity index (χ0v) is 11.2. The summed E-state index contributed by atoms with van der Waals surface area (Å²) in [5.74, 6) is -1.63. The van der Waals surface area contributed by atoms with Gasteiger partial charge in [0.2, 0.25) is 0 Å². The van der Waals surface area contributed by atoms with Gasteiger partial charge in [0.25, 0.3) is 0 Å². The minimum atomic E-state index is -0.873. The molecule has 0 aliphatic heterocycles. The average molecular weight is 249 g/mol. The van der Waals surface area contributed by atoms with Gasteiger partial charge >= 0.3 is 11.9 Å². The Bertz CT molecular complexity index is 429. The van der Waals surface area contributed by atoms with Crippen LogP contribution >= 0.6 is 0 Å². The van der Waals surface area contributed by atoms with E-state index in [0.29, 0.717) is 5.69 Å². The van der Waals surface area contributed by atoms with Crippen molar-refractivity contribution in [1.29, 1.82) is 0 Å². The number of hydrogen-bond donors (Lipinski definition) is 1. The van der Waals surface area contributed by atoms with E-state index in [1.165, 1.54) is 5.56 Å². The predicted octanol–water partition coefficient (Wildman–Crippen LogP) is 2.53. The summed E-state index contributed by atoms with van der Waals surface area (Å²) in [5, 5.41) is 2.50. The quantitative estimate of drug-likeness (QED) is 0.647. The van der Waals surface area contributed by atoms with Gasteiger partial charge < -0.3 is 10.1 Å². The van der Waals surface area contributed by atoms with Crippen LogP contribution in [0.1, 0.15) is 33.3 Å². The van der Waals surface area contributed by atoms with Crippen molar-refractivity contribution in [2.24, 2.45) is 0 Å². The van der Waals surface area contributed by atoms with Crippen LogP contribution in [0.2, 0.25) is 0 Å². The standard InChI is InChI=1S/C14H19NO3/c1-5-10-6-8-11(9-7-10)15-12(16)13(17)18-14(2,3)4/h6-9H,5H2,1-4H3,(H,15,16). The minimum absolute atomic E-state index is 0.586. The summed E-state index contributed by atoms with van der Waals surface area (Å²) in [7, 11) is 0. The zero-order chi connectivity index (χ0) is 13.8. The Morgan fingerprint density at radius 3 is 2.17 bits per heavy atom. The Morgan fingerprint density at radius 2 is 1.72 bits per heavy atom. The second kappa shape index (κ2) is 5.67. The number of carbonyl (C=O) groups excluding carboxylic acids is 2. The van der Waals surface area contributed by atoms with E-state index in [4.69, 9.17) is 4.74 Å². The molecule has 0 saturated carbocycles. The molecule has 0 saturated heterocycles. The number of benzene rings is 1. The van der Waals surface area contributed by atoms with Crippen LogP contribution < -0.4 is 5.32 Å². The highest BCUT2D eigenvalue weighted by Crippen LogP contribution is 2.11. The summed E-state index contributed by atoms with van der Waals surface area (Å²) < 4.78 is 4.97. The van der Waals surface area contributed by atoms with Crippen molar-refractivity contribution in [3.8, 4) is 0 Å². The van der Waals surface area contributed by atoms with Crippen molar-refractivity contribution >= 4 is 17.6 Å². The van der Waals surface area contributed by atoms with Gasteiger partial charge in [-0.25, -0.2) is 4.79 Å². The normalized spacial score (nSPS) is 10.9. The van der Waals surface area contributed by atoms with E-state index >= 15 is 0 Å². The lowest BCUT2D eigenvalue weighted by Gasteiger charge is -2.18. The number of hydrogen-bond acceptors (Lipinski definition) is 3. The maximum Gasteiger partial charge on any atom is 0.397 e. The van der Waals surface area contributed by atoms with Gasteiger partial charge in [-0.3, -0.25) is 4.79 Å². The second-order valence-corrected chi connectivity index (χ2v) is 5.01. The van der Waals surface area contributed by atoms with Crippen LogP contribution in [-0.4, -0.2) is 17.5 Å². The lowest BCUT2D eigenvalue weighted by Crippen LogP contribution is -2.32. The Morgan fingerprint density at radius 1 is 1.17 bits per heavy atom. The molecule has 1 aromatic rings. The summed E-state index contributed by atoms with van der Waals surface area (Å²) in [6, 6.07) is 7.34. The second-order valence-electron chi connectivity index (χ2n) is 5.01. The van der Waals surface area contributed by atoms with Crippen molar-refractivity contribution in [3.63, 3.8) is 0 Å². The van der Waals surface area contributed by atoms with Crippen molar-refractivity contribution in [2.75, 3.05) is 5.32 Å². The van der Waals surface area contributed by atoms with E-state index in [1.54, 1.807) is 32.9 Å². The first-order chi connectivity index (χ1) is 8.31. The summed E-state index contributed by atoms with van der Waals surface area (Å²) in [4.78, 5) is 23.0. The number of carbonyl (C=O) groups is 2. The van der Waals surface area contributed by atoms with Gasteiger partial charge in [0, 0.05) is 5.69 Å². The first kappa shape index (κ1) is 14.2. The summed E-state index contributed by atoms with van der Waals surface area (Å²) in [6.07, 6.45) is 0.931. The molecule has 18 heavy (non-hydrogen) atoms. The summed E-state index contributed by atoms with van der Waals surface area (Å²) in [5.41, 5.74) is 1.09. The largest absolute Gasteiger partial charge is 0.453 e. The van der Waals surface area contributed by atoms with Crippen molar-refractivity contribution in [3.05, 3.63) is 29.8 Å². The Kier molecular flexibility index (Phi) is 4.48. The predicted molar refractivity (Wildman–Crippen MR) is 70.3 cm³/mol. The molecule has 0 aliphatic rings. The molecule has 0 spiro atoms. The molecular weight excluding hydrogens is 230 g/mol. The Balaban J connectivity index is 2.61. The number of anilines is 1. The van der Waals surface area contributed by atoms with Crippen LogP contribution in [-0.2, 0) is 20.7 Å². The molecule has 0 aliphatic carbocycles. The van der Waals surface area contributed by atoms with Gasteiger partial charge in [-0.1, -0.05) is 19.1 Å². The van der Waals surface area contributed by atoms with Crippen LogP contribution in [0, 0.1) is 0 Å². The van der Waals surface area contributed by atoms with Gasteiger partial charge in [-0.2, -0.15) is 0 Å². The van der Waals surface area contributed by atoms with Gasteiger partial charge in [0.05, 0.1) is 0 Å². The summed E-state index contributed by atoms with van der Waals surface area (Å²) >= 11 is 0. The summed E-state index contributed by atoms with van der Waals surface area (Å²) in [6.45, 7) is 7.20. The molecule has 4 heteroatoms. The number of nitrogens with one attached hydrogen (secondary N) is 1.